The highest BCUT2D eigenvalue weighted by molar-refractivity contribution is 7.13. The Bertz CT molecular complexity index is 889. The number of rotatable bonds is 3. The van der Waals surface area contributed by atoms with Crippen LogP contribution in [0.15, 0.2) is 35.7 Å². The molecule has 4 rings (SSSR count). The number of carbonyl (C=O) groups excluding carboxylic acids is 3. The topological polar surface area (TPSA) is 109 Å². The summed E-state index contributed by atoms with van der Waals surface area (Å²) in [5.74, 6) is -0.481. The summed E-state index contributed by atoms with van der Waals surface area (Å²) in [6, 6.07) is 9.18. The van der Waals surface area contributed by atoms with Gasteiger partial charge < -0.3 is 15.5 Å². The zero-order valence-electron chi connectivity index (χ0n) is 14.6. The predicted molar refractivity (Wildman–Crippen MR) is 99.9 cm³/mol. The van der Waals surface area contributed by atoms with Crippen LogP contribution in [0.5, 0.6) is 0 Å². The molecule has 0 aliphatic carbocycles. The van der Waals surface area contributed by atoms with E-state index in [-0.39, 0.29) is 17.8 Å². The number of hydrogen-bond donors (Lipinski definition) is 2. The minimum absolute atomic E-state index is 0.197. The first kappa shape index (κ1) is 17.5. The van der Waals surface area contributed by atoms with Gasteiger partial charge in [-0.25, -0.2) is 9.78 Å². The molecule has 2 aromatic rings. The van der Waals surface area contributed by atoms with Gasteiger partial charge in [0.25, 0.3) is 11.8 Å². The normalized spacial score (nSPS) is 18.8. The smallest absolute Gasteiger partial charge is 0.325 e. The van der Waals surface area contributed by atoms with Crippen LogP contribution in [0, 0.1) is 0 Å². The van der Waals surface area contributed by atoms with Crippen LogP contribution in [0.3, 0.4) is 0 Å². The van der Waals surface area contributed by atoms with Crippen LogP contribution in [0.25, 0.3) is 0 Å². The fraction of sp³-hybridized carbons (Fsp3) is 0.333. The Morgan fingerprint density at radius 3 is 2.56 bits per heavy atom. The van der Waals surface area contributed by atoms with E-state index in [1.807, 2.05) is 30.3 Å². The summed E-state index contributed by atoms with van der Waals surface area (Å²) < 4.78 is 0. The largest absolute Gasteiger partial charge is 0.375 e. The van der Waals surface area contributed by atoms with Gasteiger partial charge in [-0.05, 0) is 18.4 Å². The lowest BCUT2D eigenvalue weighted by atomic mass is 9.85. The minimum Gasteiger partial charge on any atom is -0.375 e. The number of benzene rings is 1. The second kappa shape index (κ2) is 6.66. The minimum atomic E-state index is -0.912. The van der Waals surface area contributed by atoms with Crippen LogP contribution >= 0.6 is 11.3 Å². The van der Waals surface area contributed by atoms with Crippen molar-refractivity contribution in [3.63, 3.8) is 0 Å². The molecule has 0 unspecified atom stereocenters. The van der Waals surface area contributed by atoms with E-state index in [9.17, 15) is 14.4 Å². The summed E-state index contributed by atoms with van der Waals surface area (Å²) in [5, 5.41) is 4.43. The lowest BCUT2D eigenvalue weighted by Crippen LogP contribution is -2.57. The molecular formula is C18H19N5O3S. The maximum atomic E-state index is 12.6. The van der Waals surface area contributed by atoms with Gasteiger partial charge in [0, 0.05) is 25.0 Å². The number of nitrogens with one attached hydrogen (secondary N) is 1. The molecule has 2 aliphatic heterocycles. The lowest BCUT2D eigenvalue weighted by Gasteiger charge is -2.42. The molecule has 0 bridgehead atoms. The Morgan fingerprint density at radius 2 is 1.93 bits per heavy atom. The molecule has 3 heterocycles. The number of imide groups is 1. The number of amides is 4. The molecule has 140 valence electrons. The Hall–Kier alpha value is -2.94. The van der Waals surface area contributed by atoms with Crippen LogP contribution in [0.2, 0.25) is 0 Å². The fourth-order valence-corrected chi connectivity index (χ4v) is 4.25. The highest BCUT2D eigenvalue weighted by atomic mass is 32.1. The standard InChI is InChI=1S/C18H19N5O3S/c19-16-20-13(11-27-16)14(24)22-8-6-18(7-9-22)15(25)21-17(26)23(18)10-12-4-2-1-3-5-12/h1-5,11H,6-10H2,(H2,19,20)(H,21,25,26). The number of urea groups is 1. The summed E-state index contributed by atoms with van der Waals surface area (Å²) in [7, 11) is 0. The lowest BCUT2D eigenvalue weighted by molar-refractivity contribution is -0.129. The first-order chi connectivity index (χ1) is 13.0. The van der Waals surface area contributed by atoms with E-state index < -0.39 is 5.54 Å². The Morgan fingerprint density at radius 1 is 1.22 bits per heavy atom. The number of nitrogen functional groups attached to an aromatic ring is 1. The van der Waals surface area contributed by atoms with E-state index in [4.69, 9.17) is 5.73 Å². The van der Waals surface area contributed by atoms with Gasteiger partial charge in [-0.1, -0.05) is 30.3 Å². The van der Waals surface area contributed by atoms with Gasteiger partial charge in [-0.2, -0.15) is 0 Å². The van der Waals surface area contributed by atoms with Crippen molar-refractivity contribution >= 4 is 34.3 Å². The monoisotopic (exact) mass is 385 g/mol. The Kier molecular flexibility index (Phi) is 4.31. The SMILES string of the molecule is Nc1nc(C(=O)N2CCC3(CC2)C(=O)NC(=O)N3Cc2ccccc2)cs1. The summed E-state index contributed by atoms with van der Waals surface area (Å²) in [6.07, 6.45) is 0.783. The van der Waals surface area contributed by atoms with E-state index in [0.29, 0.717) is 43.3 Å². The molecule has 9 heteroatoms. The average Bonchev–Trinajstić information content (AvgIpc) is 3.20. The van der Waals surface area contributed by atoms with E-state index in [0.717, 1.165) is 5.56 Å². The predicted octanol–water partition coefficient (Wildman–Crippen LogP) is 1.45. The number of carbonyl (C=O) groups is 3. The molecule has 1 spiro atoms. The van der Waals surface area contributed by atoms with Crippen LogP contribution in [0.1, 0.15) is 28.9 Å². The second-order valence-corrected chi connectivity index (χ2v) is 7.62. The van der Waals surface area contributed by atoms with Crippen molar-refractivity contribution < 1.29 is 14.4 Å². The van der Waals surface area contributed by atoms with Gasteiger partial charge >= 0.3 is 6.03 Å². The third-order valence-corrected chi connectivity index (χ3v) is 5.88. The van der Waals surface area contributed by atoms with Crippen molar-refractivity contribution in [1.29, 1.82) is 0 Å². The van der Waals surface area contributed by atoms with Crippen LogP contribution < -0.4 is 11.1 Å². The highest BCUT2D eigenvalue weighted by Crippen LogP contribution is 2.35. The number of anilines is 1. The molecule has 2 fully saturated rings. The van der Waals surface area contributed by atoms with Crippen LogP contribution in [0.4, 0.5) is 9.93 Å². The maximum Gasteiger partial charge on any atom is 0.325 e. The molecule has 0 radical (unpaired) electrons. The summed E-state index contributed by atoms with van der Waals surface area (Å²) in [4.78, 5) is 44.9. The third-order valence-electron chi connectivity index (χ3n) is 5.21. The van der Waals surface area contributed by atoms with Gasteiger partial charge in [-0.3, -0.25) is 14.9 Å². The van der Waals surface area contributed by atoms with E-state index in [1.54, 1.807) is 15.2 Å². The molecule has 27 heavy (non-hydrogen) atoms. The number of nitrogens with zero attached hydrogens (tertiary/aromatic N) is 3. The molecule has 3 N–H and O–H groups in total. The molecule has 0 atom stereocenters. The second-order valence-electron chi connectivity index (χ2n) is 6.73. The van der Waals surface area contributed by atoms with Gasteiger partial charge in [-0.15, -0.1) is 11.3 Å². The molecule has 2 saturated heterocycles. The van der Waals surface area contributed by atoms with Crippen molar-refractivity contribution in [2.75, 3.05) is 18.8 Å². The van der Waals surface area contributed by atoms with Crippen LogP contribution in [-0.2, 0) is 11.3 Å². The number of piperidine rings is 1. The van der Waals surface area contributed by atoms with E-state index in [1.165, 1.54) is 11.3 Å². The number of nitrogens with two attached hydrogens (primary N) is 1. The van der Waals surface area contributed by atoms with E-state index >= 15 is 0 Å². The summed E-state index contributed by atoms with van der Waals surface area (Å²) >= 11 is 1.22. The Labute approximate surface area is 160 Å². The zero-order valence-corrected chi connectivity index (χ0v) is 15.4. The quantitative estimate of drug-likeness (QED) is 0.778. The molecule has 0 saturated carbocycles. The number of likely N-dealkylation sites (tertiary alicyclic amines) is 1. The number of thiazole rings is 1. The highest BCUT2D eigenvalue weighted by Gasteiger charge is 2.54. The Balaban J connectivity index is 1.51. The average molecular weight is 385 g/mol. The third kappa shape index (κ3) is 3.03. The molecule has 1 aromatic carbocycles. The molecule has 1 aromatic heterocycles. The van der Waals surface area contributed by atoms with Crippen molar-refractivity contribution in [3.8, 4) is 0 Å². The van der Waals surface area contributed by atoms with Crippen molar-refractivity contribution in [2.24, 2.45) is 0 Å². The zero-order chi connectivity index (χ0) is 19.0. The van der Waals surface area contributed by atoms with Gasteiger partial charge in [0.05, 0.1) is 0 Å². The number of aromatic nitrogens is 1. The van der Waals surface area contributed by atoms with E-state index in [2.05, 4.69) is 10.3 Å². The van der Waals surface area contributed by atoms with Gasteiger partial charge in [0.1, 0.15) is 11.2 Å². The van der Waals surface area contributed by atoms with Crippen molar-refractivity contribution in [2.45, 2.75) is 24.9 Å². The van der Waals surface area contributed by atoms with Crippen molar-refractivity contribution in [1.82, 2.24) is 20.1 Å². The molecule has 8 nitrogen and oxygen atoms in total. The number of hydrogen-bond acceptors (Lipinski definition) is 6. The summed E-state index contributed by atoms with van der Waals surface area (Å²) in [6.45, 7) is 1.11. The molecule has 2 aliphatic rings. The van der Waals surface area contributed by atoms with Crippen molar-refractivity contribution in [3.05, 3.63) is 47.0 Å². The fourth-order valence-electron chi connectivity index (χ4n) is 3.71. The first-order valence-electron chi connectivity index (χ1n) is 8.67. The summed E-state index contributed by atoms with van der Waals surface area (Å²) in [5.41, 5.74) is 5.97. The maximum absolute atomic E-state index is 12.6. The van der Waals surface area contributed by atoms with Crippen LogP contribution in [-0.4, -0.2) is 51.3 Å². The molecular weight excluding hydrogens is 366 g/mol. The van der Waals surface area contributed by atoms with Gasteiger partial charge in [0.15, 0.2) is 5.13 Å². The first-order valence-corrected chi connectivity index (χ1v) is 9.55. The molecule has 4 amide bonds. The van der Waals surface area contributed by atoms with Gasteiger partial charge in [0.2, 0.25) is 0 Å².